The van der Waals surface area contributed by atoms with Gasteiger partial charge in [0.2, 0.25) is 0 Å². The molecule has 0 saturated carbocycles. The van der Waals surface area contributed by atoms with E-state index in [1.165, 1.54) is 12.1 Å². The first-order valence-corrected chi connectivity index (χ1v) is 7.42. The van der Waals surface area contributed by atoms with Crippen LogP contribution in [0, 0.1) is 0 Å². The van der Waals surface area contributed by atoms with Crippen molar-refractivity contribution in [3.63, 3.8) is 0 Å². The van der Waals surface area contributed by atoms with E-state index in [9.17, 15) is 9.59 Å². The normalized spacial score (nSPS) is 10.1. The summed E-state index contributed by atoms with van der Waals surface area (Å²) in [5, 5.41) is 5.46. The number of benzene rings is 1. The van der Waals surface area contributed by atoms with Crippen molar-refractivity contribution in [3.8, 4) is 5.75 Å². The minimum atomic E-state index is -0.592. The van der Waals surface area contributed by atoms with E-state index >= 15 is 0 Å². The molecule has 0 aromatic heterocycles. The van der Waals surface area contributed by atoms with Gasteiger partial charge < -0.3 is 10.1 Å². The van der Waals surface area contributed by atoms with Crippen molar-refractivity contribution in [3.05, 3.63) is 27.2 Å². The highest BCUT2D eigenvalue weighted by Crippen LogP contribution is 2.33. The maximum Gasteiger partial charge on any atom is 0.321 e. The minimum absolute atomic E-state index is 0.215. The van der Waals surface area contributed by atoms with Crippen LogP contribution in [-0.2, 0) is 4.79 Å². The third-order valence-electron chi connectivity index (χ3n) is 2.40. The van der Waals surface area contributed by atoms with Crippen LogP contribution in [0.2, 0.25) is 15.1 Å². The molecular weight excluding hydrogens is 339 g/mol. The van der Waals surface area contributed by atoms with E-state index < -0.39 is 11.9 Å². The van der Waals surface area contributed by atoms with E-state index in [4.69, 9.17) is 39.5 Å². The Balaban J connectivity index is 2.43. The molecule has 1 rings (SSSR count). The predicted octanol–water partition coefficient (Wildman–Crippen LogP) is 3.65. The highest BCUT2D eigenvalue weighted by molar-refractivity contribution is 6.43. The average molecular weight is 354 g/mol. The smallest absolute Gasteiger partial charge is 0.321 e. The molecule has 0 radical (unpaired) electrons. The van der Waals surface area contributed by atoms with Crippen LogP contribution < -0.4 is 15.4 Å². The summed E-state index contributed by atoms with van der Waals surface area (Å²) >= 11 is 17.5. The first kappa shape index (κ1) is 17.9. The molecule has 5 nitrogen and oxygen atoms in total. The summed E-state index contributed by atoms with van der Waals surface area (Å²) in [5.41, 5.74) is 0. The van der Waals surface area contributed by atoms with Crippen LogP contribution in [0.25, 0.3) is 0 Å². The van der Waals surface area contributed by atoms with Crippen LogP contribution in [0.1, 0.15) is 19.8 Å². The highest BCUT2D eigenvalue weighted by Gasteiger charge is 2.11. The van der Waals surface area contributed by atoms with Crippen LogP contribution in [0.4, 0.5) is 4.79 Å². The zero-order valence-electron chi connectivity index (χ0n) is 11.3. The zero-order chi connectivity index (χ0) is 15.8. The lowest BCUT2D eigenvalue weighted by molar-refractivity contribution is -0.122. The van der Waals surface area contributed by atoms with Gasteiger partial charge in [0.25, 0.3) is 5.91 Å². The lowest BCUT2D eigenvalue weighted by Gasteiger charge is -2.09. The van der Waals surface area contributed by atoms with E-state index in [0.29, 0.717) is 6.54 Å². The Morgan fingerprint density at radius 2 is 1.81 bits per heavy atom. The second kappa shape index (κ2) is 8.97. The molecule has 0 atom stereocenters. The van der Waals surface area contributed by atoms with Gasteiger partial charge in [-0.05, 0) is 12.5 Å². The number of carbonyl (C=O) groups is 2. The Kier molecular flexibility index (Phi) is 7.64. The van der Waals surface area contributed by atoms with Gasteiger partial charge in [0, 0.05) is 12.6 Å². The summed E-state index contributed by atoms with van der Waals surface area (Å²) in [4.78, 5) is 22.9. The third kappa shape index (κ3) is 6.42. The van der Waals surface area contributed by atoms with Crippen molar-refractivity contribution < 1.29 is 14.3 Å². The van der Waals surface area contributed by atoms with Crippen molar-refractivity contribution in [1.82, 2.24) is 10.6 Å². The maximum absolute atomic E-state index is 11.5. The third-order valence-corrected chi connectivity index (χ3v) is 3.42. The molecule has 0 fully saturated rings. The largest absolute Gasteiger partial charge is 0.482 e. The molecule has 0 bridgehead atoms. The summed E-state index contributed by atoms with van der Waals surface area (Å²) < 4.78 is 5.19. The molecule has 0 aliphatic heterocycles. The summed E-state index contributed by atoms with van der Waals surface area (Å²) in [6.45, 7) is 2.15. The molecule has 0 spiro atoms. The number of nitrogens with one attached hydrogen (secondary N) is 2. The van der Waals surface area contributed by atoms with Gasteiger partial charge in [0.15, 0.2) is 6.61 Å². The van der Waals surface area contributed by atoms with Gasteiger partial charge in [-0.25, -0.2) is 4.79 Å². The summed E-state index contributed by atoms with van der Waals surface area (Å²) in [7, 11) is 0. The fourth-order valence-electron chi connectivity index (χ4n) is 1.34. The number of hydrogen-bond donors (Lipinski definition) is 2. The maximum atomic E-state index is 11.5. The average Bonchev–Trinajstić information content (AvgIpc) is 2.41. The number of hydrogen-bond acceptors (Lipinski definition) is 3. The van der Waals surface area contributed by atoms with E-state index in [-0.39, 0.29) is 27.4 Å². The van der Waals surface area contributed by atoms with Crippen LogP contribution in [0.3, 0.4) is 0 Å². The Labute approximate surface area is 137 Å². The zero-order valence-corrected chi connectivity index (χ0v) is 13.6. The summed E-state index contributed by atoms with van der Waals surface area (Å²) in [6, 6.07) is 2.26. The number of rotatable bonds is 6. The molecule has 1 aromatic rings. The SMILES string of the molecule is CCCCNC(=O)NC(=O)COc1cc(Cl)c(Cl)cc1Cl. The molecule has 0 unspecified atom stereocenters. The van der Waals surface area contributed by atoms with Gasteiger partial charge in [0.05, 0.1) is 15.1 Å². The lowest BCUT2D eigenvalue weighted by atomic mass is 10.3. The van der Waals surface area contributed by atoms with Crippen LogP contribution in [0.15, 0.2) is 12.1 Å². The number of imide groups is 1. The van der Waals surface area contributed by atoms with E-state index in [0.717, 1.165) is 12.8 Å². The number of ether oxygens (including phenoxy) is 1. The molecule has 2 N–H and O–H groups in total. The van der Waals surface area contributed by atoms with Crippen molar-refractivity contribution in [2.24, 2.45) is 0 Å². The number of urea groups is 1. The van der Waals surface area contributed by atoms with Crippen molar-refractivity contribution >= 4 is 46.7 Å². The van der Waals surface area contributed by atoms with Crippen molar-refractivity contribution in [2.45, 2.75) is 19.8 Å². The molecule has 0 heterocycles. The van der Waals surface area contributed by atoms with Crippen LogP contribution in [-0.4, -0.2) is 25.1 Å². The topological polar surface area (TPSA) is 67.4 Å². The Bertz CT molecular complexity index is 524. The van der Waals surface area contributed by atoms with Crippen molar-refractivity contribution in [1.29, 1.82) is 0 Å². The van der Waals surface area contributed by atoms with Gasteiger partial charge in [0.1, 0.15) is 5.75 Å². The molecular formula is C13H15Cl3N2O3. The lowest BCUT2D eigenvalue weighted by Crippen LogP contribution is -2.41. The molecule has 0 aliphatic rings. The van der Waals surface area contributed by atoms with E-state index in [1.807, 2.05) is 6.92 Å². The first-order valence-electron chi connectivity index (χ1n) is 6.29. The Hall–Kier alpha value is -1.17. The van der Waals surface area contributed by atoms with Crippen LogP contribution >= 0.6 is 34.8 Å². The van der Waals surface area contributed by atoms with Gasteiger partial charge in [-0.3, -0.25) is 10.1 Å². The predicted molar refractivity (Wildman–Crippen MR) is 83.4 cm³/mol. The molecule has 21 heavy (non-hydrogen) atoms. The number of carbonyl (C=O) groups excluding carboxylic acids is 2. The molecule has 1 aromatic carbocycles. The fourth-order valence-corrected chi connectivity index (χ4v) is 1.94. The van der Waals surface area contributed by atoms with Crippen LogP contribution in [0.5, 0.6) is 5.75 Å². The van der Waals surface area contributed by atoms with Gasteiger partial charge in [-0.2, -0.15) is 0 Å². The molecule has 0 saturated heterocycles. The van der Waals surface area contributed by atoms with Gasteiger partial charge >= 0.3 is 6.03 Å². The Morgan fingerprint density at radius 3 is 2.48 bits per heavy atom. The summed E-state index contributed by atoms with van der Waals surface area (Å²) in [5.74, 6) is -0.376. The molecule has 116 valence electrons. The quantitative estimate of drug-likeness (QED) is 0.606. The molecule has 3 amide bonds. The van der Waals surface area contributed by atoms with E-state index in [2.05, 4.69) is 10.6 Å². The van der Waals surface area contributed by atoms with Gasteiger partial charge in [-0.1, -0.05) is 48.1 Å². The Morgan fingerprint density at radius 1 is 1.14 bits per heavy atom. The summed E-state index contributed by atoms with van der Waals surface area (Å²) in [6.07, 6.45) is 1.80. The number of unbranched alkanes of at least 4 members (excludes halogenated alkanes) is 1. The number of amides is 3. The molecule has 0 aliphatic carbocycles. The number of halogens is 3. The van der Waals surface area contributed by atoms with Crippen molar-refractivity contribution in [2.75, 3.05) is 13.2 Å². The minimum Gasteiger partial charge on any atom is -0.482 e. The van der Waals surface area contributed by atoms with Gasteiger partial charge in [-0.15, -0.1) is 0 Å². The van der Waals surface area contributed by atoms with E-state index in [1.54, 1.807) is 0 Å². The standard InChI is InChI=1S/C13H15Cl3N2O3/c1-2-3-4-17-13(20)18-12(19)7-21-11-6-9(15)8(14)5-10(11)16/h5-6H,2-4,7H2,1H3,(H2,17,18,19,20). The molecule has 8 heteroatoms. The second-order valence-electron chi connectivity index (χ2n) is 4.14. The highest BCUT2D eigenvalue weighted by atomic mass is 35.5. The second-order valence-corrected chi connectivity index (χ2v) is 5.36. The first-order chi connectivity index (χ1) is 9.93. The fraction of sp³-hybridized carbons (Fsp3) is 0.385. The monoisotopic (exact) mass is 352 g/mol.